The van der Waals surface area contributed by atoms with Crippen molar-refractivity contribution in [3.8, 4) is 0 Å². The van der Waals surface area contributed by atoms with Gasteiger partial charge in [-0.05, 0) is 39.3 Å². The number of nitrogens with one attached hydrogen (secondary N) is 1. The predicted octanol–water partition coefficient (Wildman–Crippen LogP) is 3.97. The summed E-state index contributed by atoms with van der Waals surface area (Å²) in [5.74, 6) is -0.154. The molecule has 0 spiro atoms. The zero-order valence-corrected chi connectivity index (χ0v) is 16.5. The van der Waals surface area contributed by atoms with Crippen molar-refractivity contribution in [3.05, 3.63) is 67.3 Å². The highest BCUT2D eigenvalue weighted by atomic mass is 35.5. The molecule has 0 aliphatic rings. The smallest absolute Gasteiger partial charge is 0.293 e. The van der Waals surface area contributed by atoms with E-state index in [1.165, 1.54) is 12.1 Å². The predicted molar refractivity (Wildman–Crippen MR) is 103 cm³/mol. The van der Waals surface area contributed by atoms with Crippen LogP contribution in [0.2, 0.25) is 5.02 Å². The van der Waals surface area contributed by atoms with Crippen LogP contribution in [-0.2, 0) is 6.54 Å². The maximum absolute atomic E-state index is 12.7. The maximum atomic E-state index is 12.7. The molecule has 0 saturated carbocycles. The van der Waals surface area contributed by atoms with Gasteiger partial charge in [0.1, 0.15) is 11.4 Å². The number of amides is 1. The van der Waals surface area contributed by atoms with Crippen molar-refractivity contribution in [2.24, 2.45) is 0 Å². The molecular formula is C18H18ClN5O4. The average molecular weight is 404 g/mol. The van der Waals surface area contributed by atoms with Crippen LogP contribution in [0.4, 0.5) is 11.4 Å². The van der Waals surface area contributed by atoms with Crippen LogP contribution < -0.4 is 5.32 Å². The van der Waals surface area contributed by atoms with Gasteiger partial charge >= 0.3 is 0 Å². The van der Waals surface area contributed by atoms with Crippen LogP contribution in [0.25, 0.3) is 0 Å². The number of hydrogen-bond acceptors (Lipinski definition) is 6. The molecule has 10 heteroatoms. The largest absolute Gasteiger partial charge is 0.361 e. The van der Waals surface area contributed by atoms with Gasteiger partial charge in [0.15, 0.2) is 5.69 Å². The number of carbonyl (C=O) groups is 1. The van der Waals surface area contributed by atoms with E-state index in [4.69, 9.17) is 16.1 Å². The molecule has 1 aromatic carbocycles. The van der Waals surface area contributed by atoms with Gasteiger partial charge in [-0.3, -0.25) is 19.6 Å². The van der Waals surface area contributed by atoms with Gasteiger partial charge in [-0.2, -0.15) is 5.10 Å². The molecule has 0 radical (unpaired) electrons. The highest BCUT2D eigenvalue weighted by Crippen LogP contribution is 2.27. The topological polar surface area (TPSA) is 116 Å². The molecule has 2 aromatic heterocycles. The third-order valence-corrected chi connectivity index (χ3v) is 4.95. The Labute approximate surface area is 165 Å². The van der Waals surface area contributed by atoms with Gasteiger partial charge in [-0.15, -0.1) is 0 Å². The molecule has 0 saturated heterocycles. The Morgan fingerprint density at radius 3 is 2.64 bits per heavy atom. The van der Waals surface area contributed by atoms with E-state index in [1.54, 1.807) is 31.5 Å². The molecule has 0 atom stereocenters. The molecule has 1 N–H and O–H groups in total. The van der Waals surface area contributed by atoms with Gasteiger partial charge in [-0.25, -0.2) is 0 Å². The second-order valence-corrected chi connectivity index (χ2v) is 6.82. The number of hydrogen-bond donors (Lipinski definition) is 1. The van der Waals surface area contributed by atoms with Crippen molar-refractivity contribution in [1.82, 2.24) is 14.9 Å². The minimum Gasteiger partial charge on any atom is -0.361 e. The van der Waals surface area contributed by atoms with Crippen molar-refractivity contribution < 1.29 is 14.2 Å². The molecule has 0 unspecified atom stereocenters. The van der Waals surface area contributed by atoms with Crippen molar-refractivity contribution >= 4 is 28.9 Å². The minimum absolute atomic E-state index is 0.0380. The third kappa shape index (κ3) is 3.61. The number of aromatic nitrogens is 3. The Morgan fingerprint density at radius 2 is 2.04 bits per heavy atom. The molecule has 146 valence electrons. The molecule has 28 heavy (non-hydrogen) atoms. The standard InChI is InChI=1S/C18H18ClN5O4/c1-9-5-6-14(15(7-9)24(26)27)20-18(25)17-13(12(4)28-22-17)8-23-11(3)16(19)10(2)21-23/h5-7H,8H2,1-4H3,(H,20,25). The summed E-state index contributed by atoms with van der Waals surface area (Å²) in [5, 5.41) is 22.5. The lowest BCUT2D eigenvalue weighted by molar-refractivity contribution is -0.384. The van der Waals surface area contributed by atoms with E-state index in [1.807, 2.05) is 6.92 Å². The van der Waals surface area contributed by atoms with Crippen LogP contribution in [0.5, 0.6) is 0 Å². The molecule has 0 aliphatic heterocycles. The lowest BCUT2D eigenvalue weighted by atomic mass is 10.1. The van der Waals surface area contributed by atoms with Crippen LogP contribution in [0.3, 0.4) is 0 Å². The van der Waals surface area contributed by atoms with E-state index in [9.17, 15) is 14.9 Å². The zero-order valence-electron chi connectivity index (χ0n) is 15.7. The van der Waals surface area contributed by atoms with Gasteiger partial charge in [0.25, 0.3) is 11.6 Å². The van der Waals surface area contributed by atoms with Crippen LogP contribution in [0, 0.1) is 37.8 Å². The third-order valence-electron chi connectivity index (χ3n) is 4.40. The van der Waals surface area contributed by atoms with Crippen molar-refractivity contribution in [3.63, 3.8) is 0 Å². The van der Waals surface area contributed by atoms with Crippen LogP contribution in [0.15, 0.2) is 22.7 Å². The fourth-order valence-corrected chi connectivity index (χ4v) is 2.95. The minimum atomic E-state index is -0.605. The number of anilines is 1. The van der Waals surface area contributed by atoms with E-state index in [2.05, 4.69) is 15.6 Å². The lowest BCUT2D eigenvalue weighted by Gasteiger charge is -2.08. The molecule has 3 rings (SSSR count). The highest BCUT2D eigenvalue weighted by molar-refractivity contribution is 6.31. The van der Waals surface area contributed by atoms with E-state index < -0.39 is 10.8 Å². The second kappa shape index (κ2) is 7.43. The summed E-state index contributed by atoms with van der Waals surface area (Å²) < 4.78 is 6.84. The van der Waals surface area contributed by atoms with Crippen LogP contribution >= 0.6 is 11.6 Å². The summed E-state index contributed by atoms with van der Waals surface area (Å²) in [6.07, 6.45) is 0. The van der Waals surface area contributed by atoms with Crippen molar-refractivity contribution in [1.29, 1.82) is 0 Å². The Bertz CT molecular complexity index is 1090. The van der Waals surface area contributed by atoms with Gasteiger partial charge in [-0.1, -0.05) is 22.8 Å². The average Bonchev–Trinajstić information content (AvgIpc) is 3.12. The fraction of sp³-hybridized carbons (Fsp3) is 0.278. The highest BCUT2D eigenvalue weighted by Gasteiger charge is 2.24. The molecule has 1 amide bonds. The summed E-state index contributed by atoms with van der Waals surface area (Å²) in [7, 11) is 0. The van der Waals surface area contributed by atoms with Gasteiger partial charge in [0, 0.05) is 11.6 Å². The molecule has 9 nitrogen and oxygen atoms in total. The molecule has 3 aromatic rings. The Kier molecular flexibility index (Phi) is 5.19. The number of aryl methyl sites for hydroxylation is 3. The first-order valence-corrected chi connectivity index (χ1v) is 8.78. The number of rotatable bonds is 5. The monoisotopic (exact) mass is 403 g/mol. The normalized spacial score (nSPS) is 10.9. The first kappa shape index (κ1) is 19.6. The number of nitro benzene ring substituents is 1. The molecule has 0 fully saturated rings. The Morgan fingerprint density at radius 1 is 1.32 bits per heavy atom. The summed E-state index contributed by atoms with van der Waals surface area (Å²) in [6.45, 7) is 7.25. The van der Waals surface area contributed by atoms with Gasteiger partial charge in [0.2, 0.25) is 0 Å². The first-order chi connectivity index (χ1) is 13.2. The van der Waals surface area contributed by atoms with E-state index in [-0.39, 0.29) is 23.6 Å². The quantitative estimate of drug-likeness (QED) is 0.509. The number of carbonyl (C=O) groups excluding carboxylic acids is 1. The summed E-state index contributed by atoms with van der Waals surface area (Å²) in [5.41, 5.74) is 2.59. The number of benzene rings is 1. The lowest BCUT2D eigenvalue weighted by Crippen LogP contribution is -2.17. The molecule has 0 bridgehead atoms. The summed E-state index contributed by atoms with van der Waals surface area (Å²) in [6, 6.07) is 4.55. The Hall–Kier alpha value is -3.20. The Balaban J connectivity index is 1.92. The molecule has 2 heterocycles. The summed E-state index contributed by atoms with van der Waals surface area (Å²) in [4.78, 5) is 23.5. The number of halogens is 1. The SMILES string of the molecule is Cc1ccc(NC(=O)c2noc(C)c2Cn2nc(C)c(Cl)c2C)c([N+](=O)[O-])c1. The van der Waals surface area contributed by atoms with Gasteiger partial charge in [0.05, 0.1) is 27.9 Å². The maximum Gasteiger partial charge on any atom is 0.293 e. The van der Waals surface area contributed by atoms with E-state index in [0.29, 0.717) is 27.6 Å². The van der Waals surface area contributed by atoms with Crippen LogP contribution in [-0.4, -0.2) is 25.8 Å². The summed E-state index contributed by atoms with van der Waals surface area (Å²) >= 11 is 6.18. The molecular weight excluding hydrogens is 386 g/mol. The van der Waals surface area contributed by atoms with Gasteiger partial charge < -0.3 is 9.84 Å². The number of nitrogens with zero attached hydrogens (tertiary/aromatic N) is 4. The zero-order chi connectivity index (χ0) is 20.6. The second-order valence-electron chi connectivity index (χ2n) is 6.44. The fourth-order valence-electron chi connectivity index (χ4n) is 2.81. The van der Waals surface area contributed by atoms with Crippen molar-refractivity contribution in [2.75, 3.05) is 5.32 Å². The molecule has 0 aliphatic carbocycles. The van der Waals surface area contributed by atoms with E-state index >= 15 is 0 Å². The van der Waals surface area contributed by atoms with Crippen molar-refractivity contribution in [2.45, 2.75) is 34.2 Å². The first-order valence-electron chi connectivity index (χ1n) is 8.40. The van der Waals surface area contributed by atoms with Crippen LogP contribution in [0.1, 0.15) is 38.8 Å². The number of nitro groups is 1. The van der Waals surface area contributed by atoms with E-state index in [0.717, 1.165) is 5.69 Å².